The first kappa shape index (κ1) is 23.2. The maximum atomic E-state index is 10.5. The summed E-state index contributed by atoms with van der Waals surface area (Å²) in [6.07, 6.45) is 0.506. The van der Waals surface area contributed by atoms with Crippen LogP contribution in [0.2, 0.25) is 0 Å². The summed E-state index contributed by atoms with van der Waals surface area (Å²) in [5.41, 5.74) is 0.814. The lowest BCUT2D eigenvalue weighted by Crippen LogP contribution is -2.39. The minimum Gasteiger partial charge on any atom is -0.491 e. The molecule has 1 atom stereocenters. The van der Waals surface area contributed by atoms with Gasteiger partial charge in [-0.05, 0) is 64.5 Å². The molecule has 0 spiro atoms. The zero-order valence-corrected chi connectivity index (χ0v) is 17.7. The highest BCUT2D eigenvalue weighted by atomic mass is 16.5. The summed E-state index contributed by atoms with van der Waals surface area (Å²) < 4.78 is 5.70. The molecular formula is C21H38N4O2. The molecule has 1 unspecified atom stereocenters. The molecule has 1 rings (SSSR count). The van der Waals surface area contributed by atoms with Gasteiger partial charge in [0.15, 0.2) is 5.96 Å². The Morgan fingerprint density at radius 1 is 1.19 bits per heavy atom. The van der Waals surface area contributed by atoms with E-state index in [4.69, 9.17) is 4.74 Å². The van der Waals surface area contributed by atoms with Gasteiger partial charge in [-0.3, -0.25) is 4.99 Å². The number of guanidine groups is 1. The van der Waals surface area contributed by atoms with Crippen LogP contribution in [0.4, 0.5) is 0 Å². The number of nitrogens with one attached hydrogen (secondary N) is 2. The van der Waals surface area contributed by atoms with E-state index in [0.29, 0.717) is 6.54 Å². The minimum absolute atomic E-state index is 0.108. The first-order chi connectivity index (χ1) is 13.0. The SMILES string of the molecule is CCNC(=NCC(O)c1cccc(OC(C)C)c1)NCCCN(CC)CC. The Kier molecular flexibility index (Phi) is 11.5. The molecule has 27 heavy (non-hydrogen) atoms. The highest BCUT2D eigenvalue weighted by molar-refractivity contribution is 5.79. The van der Waals surface area contributed by atoms with Gasteiger partial charge in [0.05, 0.1) is 18.8 Å². The normalized spacial score (nSPS) is 13.1. The van der Waals surface area contributed by atoms with Crippen molar-refractivity contribution in [3.8, 4) is 5.75 Å². The van der Waals surface area contributed by atoms with Crippen LogP contribution < -0.4 is 15.4 Å². The number of aliphatic hydroxyl groups is 1. The lowest BCUT2D eigenvalue weighted by molar-refractivity contribution is 0.185. The molecule has 0 saturated heterocycles. The molecule has 0 heterocycles. The van der Waals surface area contributed by atoms with Crippen molar-refractivity contribution in [2.24, 2.45) is 4.99 Å². The van der Waals surface area contributed by atoms with Gasteiger partial charge in [0, 0.05) is 13.1 Å². The molecule has 0 aliphatic carbocycles. The van der Waals surface area contributed by atoms with Crippen LogP contribution in [-0.2, 0) is 0 Å². The first-order valence-electron chi connectivity index (χ1n) is 10.2. The quantitative estimate of drug-likeness (QED) is 0.296. The molecule has 0 fully saturated rings. The van der Waals surface area contributed by atoms with Crippen LogP contribution in [0.3, 0.4) is 0 Å². The highest BCUT2D eigenvalue weighted by Crippen LogP contribution is 2.20. The number of hydrogen-bond donors (Lipinski definition) is 3. The largest absolute Gasteiger partial charge is 0.491 e. The third-order valence-corrected chi connectivity index (χ3v) is 4.22. The van der Waals surface area contributed by atoms with Crippen molar-refractivity contribution in [2.75, 3.05) is 39.3 Å². The summed E-state index contributed by atoms with van der Waals surface area (Å²) >= 11 is 0. The molecule has 0 aliphatic heterocycles. The zero-order valence-electron chi connectivity index (χ0n) is 17.7. The fraction of sp³-hybridized carbons (Fsp3) is 0.667. The van der Waals surface area contributed by atoms with E-state index >= 15 is 0 Å². The van der Waals surface area contributed by atoms with Crippen LogP contribution in [0, 0.1) is 0 Å². The van der Waals surface area contributed by atoms with Crippen molar-refractivity contribution in [3.05, 3.63) is 29.8 Å². The molecule has 3 N–H and O–H groups in total. The second-order valence-electron chi connectivity index (χ2n) is 6.78. The molecule has 0 radical (unpaired) electrons. The average molecular weight is 379 g/mol. The summed E-state index contributed by atoms with van der Waals surface area (Å²) in [6, 6.07) is 7.58. The smallest absolute Gasteiger partial charge is 0.191 e. The van der Waals surface area contributed by atoms with Gasteiger partial charge < -0.3 is 25.4 Å². The van der Waals surface area contributed by atoms with E-state index in [9.17, 15) is 5.11 Å². The van der Waals surface area contributed by atoms with Crippen LogP contribution in [0.5, 0.6) is 5.75 Å². The lowest BCUT2D eigenvalue weighted by Gasteiger charge is -2.18. The minimum atomic E-state index is -0.660. The fourth-order valence-electron chi connectivity index (χ4n) is 2.74. The number of rotatable bonds is 12. The standard InChI is InChI=1S/C21H38N4O2/c1-6-22-21(23-13-10-14-25(7-2)8-3)24-16-20(26)18-11-9-12-19(15-18)27-17(4)5/h9,11-12,15,17,20,26H,6-8,10,13-14,16H2,1-5H3,(H2,22,23,24). The molecule has 1 aromatic rings. The maximum absolute atomic E-state index is 10.5. The third-order valence-electron chi connectivity index (χ3n) is 4.22. The Bertz CT molecular complexity index is 545. The summed E-state index contributed by atoms with van der Waals surface area (Å²) in [5, 5.41) is 17.1. The second-order valence-corrected chi connectivity index (χ2v) is 6.78. The molecular weight excluding hydrogens is 340 g/mol. The van der Waals surface area contributed by atoms with Gasteiger partial charge in [0.25, 0.3) is 0 Å². The van der Waals surface area contributed by atoms with Gasteiger partial charge >= 0.3 is 0 Å². The Balaban J connectivity index is 2.55. The molecule has 1 aromatic carbocycles. The van der Waals surface area contributed by atoms with Crippen molar-refractivity contribution < 1.29 is 9.84 Å². The monoisotopic (exact) mass is 378 g/mol. The summed E-state index contributed by atoms with van der Waals surface area (Å²) in [7, 11) is 0. The van der Waals surface area contributed by atoms with Gasteiger partial charge in [-0.2, -0.15) is 0 Å². The maximum Gasteiger partial charge on any atom is 0.191 e. The van der Waals surface area contributed by atoms with E-state index in [0.717, 1.165) is 56.4 Å². The van der Waals surface area contributed by atoms with Crippen molar-refractivity contribution in [3.63, 3.8) is 0 Å². The molecule has 0 saturated carbocycles. The molecule has 0 aliphatic rings. The number of benzene rings is 1. The Morgan fingerprint density at radius 3 is 2.56 bits per heavy atom. The Morgan fingerprint density at radius 2 is 1.93 bits per heavy atom. The fourth-order valence-corrected chi connectivity index (χ4v) is 2.74. The van der Waals surface area contributed by atoms with Gasteiger partial charge in [-0.25, -0.2) is 0 Å². The van der Waals surface area contributed by atoms with Crippen LogP contribution >= 0.6 is 0 Å². The lowest BCUT2D eigenvalue weighted by atomic mass is 10.1. The van der Waals surface area contributed by atoms with Crippen LogP contribution in [-0.4, -0.2) is 61.3 Å². The van der Waals surface area contributed by atoms with Gasteiger partial charge in [0.1, 0.15) is 5.75 Å². The topological polar surface area (TPSA) is 69.1 Å². The molecule has 0 bridgehead atoms. The van der Waals surface area contributed by atoms with Gasteiger partial charge in [-0.1, -0.05) is 26.0 Å². The summed E-state index contributed by atoms with van der Waals surface area (Å²) in [4.78, 5) is 6.93. The number of aliphatic imine (C=N–C) groups is 1. The predicted molar refractivity (Wildman–Crippen MR) is 114 cm³/mol. The van der Waals surface area contributed by atoms with Gasteiger partial charge in [-0.15, -0.1) is 0 Å². The average Bonchev–Trinajstić information content (AvgIpc) is 2.65. The number of nitrogens with zero attached hydrogens (tertiary/aromatic N) is 2. The molecule has 0 aromatic heterocycles. The molecule has 154 valence electrons. The van der Waals surface area contributed by atoms with Crippen LogP contribution in [0.1, 0.15) is 52.7 Å². The Hall–Kier alpha value is -1.79. The van der Waals surface area contributed by atoms with Crippen molar-refractivity contribution in [1.82, 2.24) is 15.5 Å². The van der Waals surface area contributed by atoms with E-state index in [1.54, 1.807) is 0 Å². The van der Waals surface area contributed by atoms with Crippen molar-refractivity contribution in [2.45, 2.75) is 53.2 Å². The van der Waals surface area contributed by atoms with Gasteiger partial charge in [0.2, 0.25) is 0 Å². The van der Waals surface area contributed by atoms with Crippen molar-refractivity contribution in [1.29, 1.82) is 0 Å². The van der Waals surface area contributed by atoms with Crippen LogP contribution in [0.25, 0.3) is 0 Å². The van der Waals surface area contributed by atoms with Crippen molar-refractivity contribution >= 4 is 5.96 Å². The Labute approximate surface area is 165 Å². The molecule has 6 nitrogen and oxygen atoms in total. The number of ether oxygens (including phenoxy) is 1. The van der Waals surface area contributed by atoms with E-state index in [1.807, 2.05) is 45.0 Å². The second kappa shape index (κ2) is 13.4. The van der Waals surface area contributed by atoms with E-state index in [2.05, 4.69) is 34.4 Å². The molecule has 6 heteroatoms. The summed E-state index contributed by atoms with van der Waals surface area (Å²) in [6.45, 7) is 15.6. The van der Waals surface area contributed by atoms with E-state index < -0.39 is 6.10 Å². The number of aliphatic hydroxyl groups excluding tert-OH is 1. The zero-order chi connectivity index (χ0) is 20.1. The molecule has 0 amide bonds. The summed E-state index contributed by atoms with van der Waals surface area (Å²) in [5.74, 6) is 1.51. The highest BCUT2D eigenvalue weighted by Gasteiger charge is 2.09. The third kappa shape index (κ3) is 9.63. The van der Waals surface area contributed by atoms with Crippen LogP contribution in [0.15, 0.2) is 29.3 Å². The van der Waals surface area contributed by atoms with E-state index in [-0.39, 0.29) is 6.10 Å². The first-order valence-corrected chi connectivity index (χ1v) is 10.2. The number of hydrogen-bond acceptors (Lipinski definition) is 4. The predicted octanol–water partition coefficient (Wildman–Crippen LogP) is 2.79. The van der Waals surface area contributed by atoms with E-state index in [1.165, 1.54) is 0 Å².